The monoisotopic (exact) mass is 825 g/mol. The number of oxime groups is 1. The number of anilines is 1. The summed E-state index contributed by atoms with van der Waals surface area (Å²) >= 11 is 6.43. The molecule has 4 fully saturated rings. The molecule has 1 amide bonds. The number of carbonyl (C=O) groups is 1. The highest BCUT2D eigenvalue weighted by Gasteiger charge is 2.48. The van der Waals surface area contributed by atoms with Crippen LogP contribution in [0.3, 0.4) is 0 Å². The van der Waals surface area contributed by atoms with Crippen molar-refractivity contribution in [1.29, 1.82) is 0 Å². The Balaban J connectivity index is 0.880. The highest BCUT2D eigenvalue weighted by Crippen LogP contribution is 2.44. The molecule has 3 aliphatic heterocycles. The molecule has 4 aliphatic rings. The van der Waals surface area contributed by atoms with Crippen LogP contribution in [0.15, 0.2) is 11.4 Å². The zero-order valence-corrected chi connectivity index (χ0v) is 33.3. The number of aromatic nitrogens is 4. The van der Waals surface area contributed by atoms with E-state index in [1.807, 2.05) is 4.90 Å². The maximum atomic E-state index is 13.5. The lowest BCUT2D eigenvalue weighted by molar-refractivity contribution is -0.136. The van der Waals surface area contributed by atoms with Gasteiger partial charge in [-0.2, -0.15) is 15.1 Å². The average molecular weight is 826 g/mol. The number of terminal acetylenes is 1. The lowest BCUT2D eigenvalue weighted by Gasteiger charge is -2.55. The largest absolute Gasteiger partial charge is 0.393 e. The number of nitrogens with zero attached hydrogens (tertiary/aromatic N) is 7. The molecule has 3 unspecified atom stereocenters. The Morgan fingerprint density at radius 2 is 1.75 bits per heavy atom. The third-order valence-corrected chi connectivity index (χ3v) is 11.0. The Bertz CT molecular complexity index is 1720. The first kappa shape index (κ1) is 42.7. The van der Waals surface area contributed by atoms with Gasteiger partial charge in [0.2, 0.25) is 11.2 Å². The highest BCUT2D eigenvalue weighted by atomic mass is 35.5. The topological polar surface area (TPSA) is 202 Å². The molecule has 2 aromatic heterocycles. The fourth-order valence-corrected chi connectivity index (χ4v) is 8.29. The Morgan fingerprint density at radius 3 is 2.48 bits per heavy atom. The first-order valence-electron chi connectivity index (χ1n) is 19.2. The smallest absolute Gasteiger partial charge is 0.350 e. The minimum absolute atomic E-state index is 0.0142. The van der Waals surface area contributed by atoms with E-state index in [9.17, 15) is 9.36 Å². The Hall–Kier alpha value is -2.95. The quantitative estimate of drug-likeness (QED) is 0.0577. The van der Waals surface area contributed by atoms with Crippen molar-refractivity contribution >= 4 is 47.7 Å². The summed E-state index contributed by atoms with van der Waals surface area (Å²) in [5, 5.41) is 9.75. The molecular formula is C36H53ClN7O11P. The molecule has 0 bridgehead atoms. The summed E-state index contributed by atoms with van der Waals surface area (Å²) in [7, 11) is -4.25. The van der Waals surface area contributed by atoms with Gasteiger partial charge in [0.25, 0.3) is 0 Å². The molecule has 6 rings (SSSR count). The van der Waals surface area contributed by atoms with Crippen LogP contribution in [0.4, 0.5) is 5.82 Å². The van der Waals surface area contributed by atoms with Crippen molar-refractivity contribution < 1.29 is 52.4 Å². The molecule has 18 nitrogen and oxygen atoms in total. The Kier molecular flexibility index (Phi) is 15.7. The van der Waals surface area contributed by atoms with Crippen molar-refractivity contribution in [1.82, 2.24) is 24.6 Å². The van der Waals surface area contributed by atoms with E-state index in [0.29, 0.717) is 90.1 Å². The Morgan fingerprint density at radius 1 is 1.02 bits per heavy atom. The third kappa shape index (κ3) is 12.3. The van der Waals surface area contributed by atoms with Crippen LogP contribution in [-0.2, 0) is 42.6 Å². The van der Waals surface area contributed by atoms with Gasteiger partial charge in [0.05, 0.1) is 76.3 Å². The summed E-state index contributed by atoms with van der Waals surface area (Å²) in [5.74, 6) is 3.56. The zero-order valence-electron chi connectivity index (χ0n) is 31.7. The number of halogens is 1. The van der Waals surface area contributed by atoms with Crippen LogP contribution in [0.2, 0.25) is 5.28 Å². The molecule has 1 spiro atoms. The van der Waals surface area contributed by atoms with Gasteiger partial charge in [0, 0.05) is 38.0 Å². The summed E-state index contributed by atoms with van der Waals surface area (Å²) in [4.78, 5) is 50.4. The van der Waals surface area contributed by atoms with Gasteiger partial charge in [-0.1, -0.05) is 11.1 Å². The third-order valence-electron chi connectivity index (χ3n) is 10.3. The minimum Gasteiger partial charge on any atom is -0.393 e. The first-order valence-corrected chi connectivity index (χ1v) is 21.4. The second-order valence-electron chi connectivity index (χ2n) is 14.8. The molecule has 2 aromatic rings. The molecule has 1 aliphatic carbocycles. The van der Waals surface area contributed by atoms with E-state index >= 15 is 0 Å². The van der Waals surface area contributed by atoms with Gasteiger partial charge in [-0.25, -0.2) is 4.68 Å². The van der Waals surface area contributed by atoms with Crippen molar-refractivity contribution in [3.8, 4) is 12.3 Å². The maximum absolute atomic E-state index is 13.5. The van der Waals surface area contributed by atoms with E-state index in [-0.39, 0.29) is 41.8 Å². The normalized spacial score (nSPS) is 23.0. The van der Waals surface area contributed by atoms with E-state index in [1.165, 1.54) is 0 Å². The second-order valence-corrected chi connectivity index (χ2v) is 16.7. The summed E-state index contributed by atoms with van der Waals surface area (Å²) in [6.07, 6.45) is 11.7. The van der Waals surface area contributed by atoms with Gasteiger partial charge in [-0.05, 0) is 62.5 Å². The molecular weight excluding hydrogens is 773 g/mol. The molecule has 5 heterocycles. The van der Waals surface area contributed by atoms with Crippen LogP contribution < -0.4 is 4.90 Å². The number of ether oxygens (including phenoxy) is 6. The second kappa shape index (κ2) is 20.6. The number of rotatable bonds is 22. The van der Waals surface area contributed by atoms with Gasteiger partial charge < -0.3 is 52.8 Å². The predicted octanol–water partition coefficient (Wildman–Crippen LogP) is 3.00. The van der Waals surface area contributed by atoms with Crippen molar-refractivity contribution in [3.63, 3.8) is 0 Å². The van der Waals surface area contributed by atoms with Crippen LogP contribution in [0, 0.1) is 23.7 Å². The first-order chi connectivity index (χ1) is 27.1. The summed E-state index contributed by atoms with van der Waals surface area (Å²) in [5.41, 5.74) is 1.53. The fraction of sp³-hybridized carbons (Fsp3) is 0.750. The molecule has 3 atom stereocenters. The molecule has 0 radical (unpaired) electrons. The summed E-state index contributed by atoms with van der Waals surface area (Å²) < 4.78 is 45.6. The number of fused-ring (bicyclic) bond motifs is 1. The van der Waals surface area contributed by atoms with Gasteiger partial charge in [0.15, 0.2) is 11.9 Å². The highest BCUT2D eigenvalue weighted by molar-refractivity contribution is 7.51. The van der Waals surface area contributed by atoms with Gasteiger partial charge in [-0.3, -0.25) is 9.36 Å². The number of hydrogen-bond acceptors (Lipinski definition) is 14. The molecule has 0 aromatic carbocycles. The van der Waals surface area contributed by atoms with Crippen LogP contribution in [-0.4, -0.2) is 151 Å². The van der Waals surface area contributed by atoms with Crippen LogP contribution in [0.25, 0.3) is 11.0 Å². The fourth-order valence-electron chi connectivity index (χ4n) is 7.79. The minimum atomic E-state index is -4.25. The zero-order chi connectivity index (χ0) is 39.4. The molecule has 3 saturated heterocycles. The standard InChI is InChI=1S/C36H53ClN7O11P/c1-2-10-49-11-12-50-13-14-51-15-16-52-17-18-54-41-28-5-4-27(19-28)20-31(45)42-9-3-8-36(23-42)24-43(25-36)33-30-21-38-44(34(30)40-35(37)39-33)32-7-6-29(55-32)22-53-26-56(46,47)48/h1,21,27,29,32H,3-20,22-26H2,(H2,46,47,48)/b41-28+. The van der Waals surface area contributed by atoms with Gasteiger partial charge in [-0.15, -0.1) is 6.42 Å². The molecule has 20 heteroatoms. The number of carbonyl (C=O) groups excluding carboxylic acids is 1. The average Bonchev–Trinajstić information content (AvgIpc) is 3.92. The van der Waals surface area contributed by atoms with Gasteiger partial charge in [0.1, 0.15) is 25.4 Å². The van der Waals surface area contributed by atoms with E-state index in [1.54, 1.807) is 10.9 Å². The molecule has 2 N–H and O–H groups in total. The SMILES string of the molecule is C#CCOCCOCCOCCOCCO/N=C1\CCC(CC(=O)N2CCCC3(C2)CN(c2nc(Cl)nc4c2cnn4C2CCC(COCP(=O)(O)O)O2)C3)C1. The van der Waals surface area contributed by atoms with Crippen molar-refractivity contribution in [2.24, 2.45) is 16.5 Å². The number of piperidine rings is 1. The maximum Gasteiger partial charge on any atom is 0.350 e. The van der Waals surface area contributed by atoms with Crippen molar-refractivity contribution in [2.75, 3.05) is 103 Å². The lowest BCUT2D eigenvalue weighted by atomic mass is 9.73. The van der Waals surface area contributed by atoms with Crippen LogP contribution >= 0.6 is 19.2 Å². The van der Waals surface area contributed by atoms with Crippen molar-refractivity contribution in [2.45, 2.75) is 63.7 Å². The van der Waals surface area contributed by atoms with E-state index < -0.39 is 20.2 Å². The Labute approximate surface area is 331 Å². The number of likely N-dealkylation sites (tertiary alicyclic amines) is 1. The molecule has 56 heavy (non-hydrogen) atoms. The van der Waals surface area contributed by atoms with Gasteiger partial charge >= 0.3 is 7.60 Å². The van der Waals surface area contributed by atoms with Crippen LogP contribution in [0.5, 0.6) is 0 Å². The van der Waals surface area contributed by atoms with E-state index in [0.717, 1.165) is 62.8 Å². The lowest BCUT2D eigenvalue weighted by Crippen LogP contribution is -2.64. The summed E-state index contributed by atoms with van der Waals surface area (Å²) in [6, 6.07) is 0. The molecule has 310 valence electrons. The van der Waals surface area contributed by atoms with Crippen molar-refractivity contribution in [3.05, 3.63) is 11.5 Å². The summed E-state index contributed by atoms with van der Waals surface area (Å²) in [6.45, 7) is 6.94. The molecule has 1 saturated carbocycles. The van der Waals surface area contributed by atoms with E-state index in [4.69, 9.17) is 61.1 Å². The number of hydrogen-bond donors (Lipinski definition) is 2. The predicted molar refractivity (Wildman–Crippen MR) is 204 cm³/mol. The van der Waals surface area contributed by atoms with E-state index in [2.05, 4.69) is 31.0 Å². The van der Waals surface area contributed by atoms with Crippen LogP contribution in [0.1, 0.15) is 57.6 Å². The number of amides is 1.